The van der Waals surface area contributed by atoms with Gasteiger partial charge in [0.1, 0.15) is 0 Å². The molecule has 2 aromatic rings. The Balaban J connectivity index is 2.25. The summed E-state index contributed by atoms with van der Waals surface area (Å²) in [7, 11) is 0. The maximum atomic E-state index is 10.4. The Morgan fingerprint density at radius 1 is 1.16 bits per heavy atom. The van der Waals surface area contributed by atoms with Crippen LogP contribution in [0, 0.1) is 6.92 Å². The van der Waals surface area contributed by atoms with Crippen molar-refractivity contribution in [2.24, 2.45) is 0 Å². The van der Waals surface area contributed by atoms with Gasteiger partial charge in [-0.15, -0.1) is 0 Å². The highest BCUT2D eigenvalue weighted by Gasteiger charge is 2.14. The smallest absolute Gasteiger partial charge is 0.0841 e. The maximum Gasteiger partial charge on any atom is 0.0841 e. The van der Waals surface area contributed by atoms with Crippen molar-refractivity contribution in [3.63, 3.8) is 0 Å². The van der Waals surface area contributed by atoms with E-state index in [0.717, 1.165) is 25.6 Å². The molecular formula is C15H13Br2ClO. The van der Waals surface area contributed by atoms with Crippen LogP contribution in [0.2, 0.25) is 5.02 Å². The second kappa shape index (κ2) is 6.40. The van der Waals surface area contributed by atoms with Gasteiger partial charge in [-0.1, -0.05) is 67.2 Å². The van der Waals surface area contributed by atoms with E-state index in [1.165, 1.54) is 0 Å². The van der Waals surface area contributed by atoms with Crippen LogP contribution in [0.5, 0.6) is 0 Å². The molecule has 1 nitrogen and oxygen atoms in total. The fraction of sp³-hybridized carbons (Fsp3) is 0.200. The average Bonchev–Trinajstić information content (AvgIpc) is 2.35. The van der Waals surface area contributed by atoms with Gasteiger partial charge in [0.15, 0.2) is 0 Å². The fourth-order valence-electron chi connectivity index (χ4n) is 1.92. The van der Waals surface area contributed by atoms with Gasteiger partial charge in [-0.25, -0.2) is 0 Å². The minimum Gasteiger partial charge on any atom is -0.388 e. The van der Waals surface area contributed by atoms with Crippen molar-refractivity contribution in [2.45, 2.75) is 19.4 Å². The first-order chi connectivity index (χ1) is 8.97. The van der Waals surface area contributed by atoms with Crippen molar-refractivity contribution >= 4 is 43.5 Å². The molecule has 2 rings (SSSR count). The van der Waals surface area contributed by atoms with E-state index in [0.29, 0.717) is 11.4 Å². The van der Waals surface area contributed by atoms with Crippen molar-refractivity contribution in [1.29, 1.82) is 0 Å². The van der Waals surface area contributed by atoms with Gasteiger partial charge in [0.05, 0.1) is 6.10 Å². The van der Waals surface area contributed by atoms with E-state index in [1.807, 2.05) is 43.3 Å². The van der Waals surface area contributed by atoms with Crippen molar-refractivity contribution in [3.8, 4) is 0 Å². The van der Waals surface area contributed by atoms with E-state index in [-0.39, 0.29) is 0 Å². The number of benzene rings is 2. The molecule has 0 fully saturated rings. The van der Waals surface area contributed by atoms with Crippen LogP contribution in [0.1, 0.15) is 22.8 Å². The summed E-state index contributed by atoms with van der Waals surface area (Å²) < 4.78 is 1.85. The van der Waals surface area contributed by atoms with Gasteiger partial charge in [0.25, 0.3) is 0 Å². The molecule has 0 amide bonds. The summed E-state index contributed by atoms with van der Waals surface area (Å²) in [6, 6.07) is 11.7. The van der Waals surface area contributed by atoms with E-state index >= 15 is 0 Å². The van der Waals surface area contributed by atoms with E-state index in [9.17, 15) is 5.11 Å². The Labute approximate surface area is 134 Å². The fourth-order valence-corrected chi connectivity index (χ4v) is 3.19. The summed E-state index contributed by atoms with van der Waals surface area (Å²) in [6.07, 6.45) is -0.0818. The summed E-state index contributed by atoms with van der Waals surface area (Å²) in [6.45, 7) is 2.01. The van der Waals surface area contributed by atoms with Crippen LogP contribution in [0.4, 0.5) is 0 Å². The highest BCUT2D eigenvalue weighted by Crippen LogP contribution is 2.30. The Hall–Kier alpha value is -0.350. The van der Waals surface area contributed by atoms with Gasteiger partial charge >= 0.3 is 0 Å². The Morgan fingerprint density at radius 3 is 2.58 bits per heavy atom. The molecule has 2 aromatic carbocycles. The van der Waals surface area contributed by atoms with Crippen LogP contribution in [-0.4, -0.2) is 5.11 Å². The Bertz CT molecular complexity index is 599. The molecule has 0 saturated heterocycles. The lowest BCUT2D eigenvalue weighted by Gasteiger charge is -2.15. The zero-order valence-corrected chi connectivity index (χ0v) is 14.3. The zero-order chi connectivity index (χ0) is 14.0. The normalized spacial score (nSPS) is 12.5. The van der Waals surface area contributed by atoms with E-state index < -0.39 is 6.10 Å². The zero-order valence-electron chi connectivity index (χ0n) is 10.3. The molecule has 0 bridgehead atoms. The van der Waals surface area contributed by atoms with Crippen molar-refractivity contribution in [1.82, 2.24) is 0 Å². The number of aliphatic hydroxyl groups excluding tert-OH is 1. The SMILES string of the molecule is Cc1ccc(Br)c(C(O)Cc2ccc(Br)cc2Cl)c1. The molecule has 0 saturated carbocycles. The maximum absolute atomic E-state index is 10.4. The molecule has 0 aliphatic rings. The van der Waals surface area contributed by atoms with Gasteiger partial charge in [-0.05, 0) is 36.2 Å². The topological polar surface area (TPSA) is 20.2 Å². The number of hydrogen-bond acceptors (Lipinski definition) is 1. The third-order valence-electron chi connectivity index (χ3n) is 2.94. The van der Waals surface area contributed by atoms with Crippen LogP contribution in [0.25, 0.3) is 0 Å². The summed E-state index contributed by atoms with van der Waals surface area (Å²) in [5.74, 6) is 0. The van der Waals surface area contributed by atoms with Gasteiger partial charge in [-0.3, -0.25) is 0 Å². The molecule has 0 radical (unpaired) electrons. The summed E-state index contributed by atoms with van der Waals surface area (Å²) in [4.78, 5) is 0. The minimum atomic E-state index is -0.576. The second-order valence-corrected chi connectivity index (χ2v) is 6.66. The third-order valence-corrected chi connectivity index (χ3v) is 4.51. The monoisotopic (exact) mass is 402 g/mol. The van der Waals surface area contributed by atoms with Gasteiger partial charge in [0.2, 0.25) is 0 Å². The number of aryl methyl sites for hydroxylation is 1. The molecule has 0 aromatic heterocycles. The van der Waals surface area contributed by atoms with Crippen LogP contribution in [-0.2, 0) is 6.42 Å². The van der Waals surface area contributed by atoms with Gasteiger partial charge < -0.3 is 5.11 Å². The van der Waals surface area contributed by atoms with Crippen molar-refractivity contribution < 1.29 is 5.11 Å². The first-order valence-electron chi connectivity index (χ1n) is 5.85. The molecule has 1 N–H and O–H groups in total. The van der Waals surface area contributed by atoms with Crippen molar-refractivity contribution in [2.75, 3.05) is 0 Å². The number of aliphatic hydroxyl groups is 1. The first kappa shape index (κ1) is 15.0. The molecule has 0 heterocycles. The van der Waals surface area contributed by atoms with E-state index in [1.54, 1.807) is 0 Å². The molecule has 1 unspecified atom stereocenters. The first-order valence-corrected chi connectivity index (χ1v) is 7.82. The predicted molar refractivity (Wildman–Crippen MR) is 86.7 cm³/mol. The lowest BCUT2D eigenvalue weighted by atomic mass is 10.00. The van der Waals surface area contributed by atoms with Crippen LogP contribution < -0.4 is 0 Å². The molecule has 4 heteroatoms. The van der Waals surface area contributed by atoms with Crippen LogP contribution in [0.15, 0.2) is 45.3 Å². The largest absolute Gasteiger partial charge is 0.388 e. The average molecular weight is 405 g/mol. The highest BCUT2D eigenvalue weighted by molar-refractivity contribution is 9.10. The lowest BCUT2D eigenvalue weighted by Crippen LogP contribution is -2.03. The molecule has 0 aliphatic heterocycles. The number of halogens is 3. The summed E-state index contributed by atoms with van der Waals surface area (Å²) in [5.41, 5.74) is 2.95. The van der Waals surface area contributed by atoms with Gasteiger partial charge in [-0.2, -0.15) is 0 Å². The number of hydrogen-bond donors (Lipinski definition) is 1. The number of rotatable bonds is 3. The van der Waals surface area contributed by atoms with Crippen LogP contribution >= 0.6 is 43.5 Å². The van der Waals surface area contributed by atoms with Gasteiger partial charge in [0, 0.05) is 20.4 Å². The molecule has 100 valence electrons. The Kier molecular flexibility index (Phi) is 5.07. The third kappa shape index (κ3) is 3.82. The quantitative estimate of drug-likeness (QED) is 0.721. The van der Waals surface area contributed by atoms with Crippen LogP contribution in [0.3, 0.4) is 0 Å². The Morgan fingerprint density at radius 2 is 1.89 bits per heavy atom. The predicted octanol–water partition coefficient (Wildman–Crippen LogP) is 5.45. The molecule has 0 aliphatic carbocycles. The molecule has 1 atom stereocenters. The summed E-state index contributed by atoms with van der Waals surface area (Å²) in [5, 5.41) is 11.0. The summed E-state index contributed by atoms with van der Waals surface area (Å²) >= 11 is 13.0. The minimum absolute atomic E-state index is 0.494. The lowest BCUT2D eigenvalue weighted by molar-refractivity contribution is 0.177. The van der Waals surface area contributed by atoms with E-state index in [2.05, 4.69) is 31.9 Å². The van der Waals surface area contributed by atoms with Crippen molar-refractivity contribution in [3.05, 3.63) is 67.1 Å². The highest BCUT2D eigenvalue weighted by atomic mass is 79.9. The van der Waals surface area contributed by atoms with E-state index in [4.69, 9.17) is 11.6 Å². The molecule has 19 heavy (non-hydrogen) atoms. The molecule has 0 spiro atoms. The standard InChI is InChI=1S/C15H13Br2ClO/c1-9-2-5-13(17)12(6-9)15(19)7-10-3-4-11(16)8-14(10)18/h2-6,8,15,19H,7H2,1H3. The second-order valence-electron chi connectivity index (χ2n) is 4.48. The molecular weight excluding hydrogens is 391 g/mol.